The third-order valence-corrected chi connectivity index (χ3v) is 4.35. The van der Waals surface area contributed by atoms with Crippen molar-refractivity contribution in [1.82, 2.24) is 5.32 Å². The van der Waals surface area contributed by atoms with Gasteiger partial charge in [-0.15, -0.1) is 0 Å². The highest BCUT2D eigenvalue weighted by Gasteiger charge is 2.08. The Morgan fingerprint density at radius 3 is 2.42 bits per heavy atom. The first-order valence-corrected chi connectivity index (χ1v) is 9.06. The summed E-state index contributed by atoms with van der Waals surface area (Å²) in [6.07, 6.45) is 0. The second kappa shape index (κ2) is 9.87. The molecule has 0 aromatic heterocycles. The highest BCUT2D eigenvalue weighted by molar-refractivity contribution is 7.80. The van der Waals surface area contributed by atoms with E-state index in [2.05, 4.69) is 53.6 Å². The molecule has 0 amide bonds. The van der Waals surface area contributed by atoms with Crippen molar-refractivity contribution < 1.29 is 9.47 Å². The third-order valence-electron chi connectivity index (χ3n) is 4.11. The quantitative estimate of drug-likeness (QED) is 0.686. The van der Waals surface area contributed by atoms with Crippen LogP contribution in [0.5, 0.6) is 11.5 Å². The van der Waals surface area contributed by atoms with Gasteiger partial charge in [-0.3, -0.25) is 0 Å². The molecule has 26 heavy (non-hydrogen) atoms. The molecule has 140 valence electrons. The van der Waals surface area contributed by atoms with E-state index in [4.69, 9.17) is 21.7 Å². The largest absolute Gasteiger partial charge is 0.497 e. The topological polar surface area (TPSA) is 45.8 Å². The Kier molecular flexibility index (Phi) is 7.53. The monoisotopic (exact) mass is 373 g/mol. The predicted octanol–water partition coefficient (Wildman–Crippen LogP) is 3.83. The van der Waals surface area contributed by atoms with Crippen molar-refractivity contribution in [1.29, 1.82) is 0 Å². The van der Waals surface area contributed by atoms with Gasteiger partial charge in [0, 0.05) is 31.4 Å². The van der Waals surface area contributed by atoms with Crippen LogP contribution < -0.4 is 25.0 Å². The summed E-state index contributed by atoms with van der Waals surface area (Å²) in [5.41, 5.74) is 3.29. The first kappa shape index (κ1) is 19.8. The number of thiocarbonyl (C=S) groups is 1. The number of nitrogens with one attached hydrogen (secondary N) is 2. The van der Waals surface area contributed by atoms with Gasteiger partial charge in [-0.2, -0.15) is 0 Å². The Morgan fingerprint density at radius 1 is 1.08 bits per heavy atom. The maximum absolute atomic E-state index is 5.40. The van der Waals surface area contributed by atoms with Crippen molar-refractivity contribution in [3.05, 3.63) is 48.0 Å². The van der Waals surface area contributed by atoms with Crippen LogP contribution in [-0.2, 0) is 0 Å². The minimum atomic E-state index is 0.563. The summed E-state index contributed by atoms with van der Waals surface area (Å²) in [4.78, 5) is 2.31. The fourth-order valence-corrected chi connectivity index (χ4v) is 2.81. The standard InChI is InChI=1S/C20H27N3O2S/c1-5-23(16-8-6-15(2)7-9-16)13-12-21-20(26)22-18-11-10-17(24-3)14-19(18)25-4/h6-11,14H,5,12-13H2,1-4H3,(H2,21,22,26). The number of methoxy groups -OCH3 is 2. The lowest BCUT2D eigenvalue weighted by atomic mass is 10.2. The van der Waals surface area contributed by atoms with E-state index >= 15 is 0 Å². The Morgan fingerprint density at radius 2 is 1.81 bits per heavy atom. The zero-order chi connectivity index (χ0) is 18.9. The Hall–Kier alpha value is -2.47. The highest BCUT2D eigenvalue weighted by Crippen LogP contribution is 2.28. The van der Waals surface area contributed by atoms with Crippen LogP contribution in [0.4, 0.5) is 11.4 Å². The summed E-state index contributed by atoms with van der Waals surface area (Å²) in [5, 5.41) is 6.99. The van der Waals surface area contributed by atoms with Crippen molar-refractivity contribution in [2.45, 2.75) is 13.8 Å². The summed E-state index contributed by atoms with van der Waals surface area (Å²) in [6.45, 7) is 6.79. The lowest BCUT2D eigenvalue weighted by molar-refractivity contribution is 0.395. The summed E-state index contributed by atoms with van der Waals surface area (Å²) in [5.74, 6) is 1.42. The summed E-state index contributed by atoms with van der Waals surface area (Å²) < 4.78 is 10.6. The van der Waals surface area contributed by atoms with Crippen molar-refractivity contribution in [2.75, 3.05) is 44.1 Å². The van der Waals surface area contributed by atoms with E-state index in [9.17, 15) is 0 Å². The average Bonchev–Trinajstić information content (AvgIpc) is 2.66. The molecule has 2 aromatic carbocycles. The van der Waals surface area contributed by atoms with E-state index in [-0.39, 0.29) is 0 Å². The maximum Gasteiger partial charge on any atom is 0.170 e. The molecule has 5 nitrogen and oxygen atoms in total. The molecule has 0 radical (unpaired) electrons. The first-order chi connectivity index (χ1) is 12.6. The van der Waals surface area contributed by atoms with Crippen LogP contribution in [0.3, 0.4) is 0 Å². The third kappa shape index (κ3) is 5.52. The molecular formula is C20H27N3O2S. The van der Waals surface area contributed by atoms with E-state index in [0.717, 1.165) is 31.1 Å². The van der Waals surface area contributed by atoms with Gasteiger partial charge < -0.3 is 25.0 Å². The number of hydrogen-bond donors (Lipinski definition) is 2. The number of benzene rings is 2. The molecule has 0 aliphatic carbocycles. The zero-order valence-electron chi connectivity index (χ0n) is 15.8. The molecule has 2 N–H and O–H groups in total. The van der Waals surface area contributed by atoms with Gasteiger partial charge in [0.15, 0.2) is 5.11 Å². The van der Waals surface area contributed by atoms with Crippen molar-refractivity contribution in [2.24, 2.45) is 0 Å². The van der Waals surface area contributed by atoms with Crippen LogP contribution >= 0.6 is 12.2 Å². The van der Waals surface area contributed by atoms with Gasteiger partial charge in [0.25, 0.3) is 0 Å². The minimum absolute atomic E-state index is 0.563. The molecule has 0 fully saturated rings. The smallest absolute Gasteiger partial charge is 0.170 e. The number of ether oxygens (including phenoxy) is 2. The molecular weight excluding hydrogens is 346 g/mol. The first-order valence-electron chi connectivity index (χ1n) is 8.65. The molecule has 0 aliphatic rings. The van der Waals surface area contributed by atoms with Crippen LogP contribution in [0.1, 0.15) is 12.5 Å². The van der Waals surface area contributed by atoms with E-state index in [1.165, 1.54) is 11.3 Å². The van der Waals surface area contributed by atoms with Crippen LogP contribution in [0.25, 0.3) is 0 Å². The molecule has 0 atom stereocenters. The summed E-state index contributed by atoms with van der Waals surface area (Å²) >= 11 is 5.40. The number of nitrogens with zero attached hydrogens (tertiary/aromatic N) is 1. The van der Waals surface area contributed by atoms with Crippen molar-refractivity contribution in [3.63, 3.8) is 0 Å². The van der Waals surface area contributed by atoms with E-state index < -0.39 is 0 Å². The number of anilines is 2. The molecule has 0 unspecified atom stereocenters. The van der Waals surface area contributed by atoms with Gasteiger partial charge in [0.1, 0.15) is 11.5 Å². The Balaban J connectivity index is 1.87. The molecule has 0 saturated carbocycles. The van der Waals surface area contributed by atoms with E-state index in [0.29, 0.717) is 10.9 Å². The van der Waals surface area contributed by atoms with Gasteiger partial charge in [0.2, 0.25) is 0 Å². The normalized spacial score (nSPS) is 10.2. The van der Waals surface area contributed by atoms with Crippen molar-refractivity contribution in [3.8, 4) is 11.5 Å². The van der Waals surface area contributed by atoms with Crippen LogP contribution in [0.15, 0.2) is 42.5 Å². The molecule has 2 aromatic rings. The lowest BCUT2D eigenvalue weighted by Gasteiger charge is -2.24. The molecule has 2 rings (SSSR count). The van der Waals surface area contributed by atoms with Crippen molar-refractivity contribution >= 4 is 28.7 Å². The van der Waals surface area contributed by atoms with Gasteiger partial charge in [-0.1, -0.05) is 17.7 Å². The maximum atomic E-state index is 5.40. The van der Waals surface area contributed by atoms with Crippen LogP contribution in [-0.4, -0.2) is 39.0 Å². The minimum Gasteiger partial charge on any atom is -0.497 e. The summed E-state index contributed by atoms with van der Waals surface area (Å²) in [7, 11) is 3.25. The molecule has 0 aliphatic heterocycles. The highest BCUT2D eigenvalue weighted by atomic mass is 32.1. The fraction of sp³-hybridized carbons (Fsp3) is 0.350. The molecule has 0 bridgehead atoms. The number of hydrogen-bond acceptors (Lipinski definition) is 4. The Labute approximate surface area is 161 Å². The predicted molar refractivity (Wildman–Crippen MR) is 113 cm³/mol. The number of rotatable bonds is 8. The van der Waals surface area contributed by atoms with Gasteiger partial charge in [-0.25, -0.2) is 0 Å². The molecule has 0 heterocycles. The second-order valence-corrected chi connectivity index (χ2v) is 6.27. The lowest BCUT2D eigenvalue weighted by Crippen LogP contribution is -2.37. The second-order valence-electron chi connectivity index (χ2n) is 5.86. The average molecular weight is 374 g/mol. The van der Waals surface area contributed by atoms with Crippen LogP contribution in [0.2, 0.25) is 0 Å². The number of aryl methyl sites for hydroxylation is 1. The zero-order valence-corrected chi connectivity index (χ0v) is 16.7. The Bertz CT molecular complexity index is 719. The van der Waals surface area contributed by atoms with Gasteiger partial charge in [-0.05, 0) is 50.3 Å². The van der Waals surface area contributed by atoms with E-state index in [1.54, 1.807) is 14.2 Å². The van der Waals surface area contributed by atoms with E-state index in [1.807, 2.05) is 18.2 Å². The number of likely N-dealkylation sites (N-methyl/N-ethyl adjacent to an activating group) is 1. The SMILES string of the molecule is CCN(CCNC(=S)Nc1ccc(OC)cc1OC)c1ccc(C)cc1. The van der Waals surface area contributed by atoms with Crippen LogP contribution in [0, 0.1) is 6.92 Å². The van der Waals surface area contributed by atoms with Gasteiger partial charge in [0.05, 0.1) is 19.9 Å². The molecule has 0 spiro atoms. The fourth-order valence-electron chi connectivity index (χ4n) is 2.60. The molecule has 0 saturated heterocycles. The summed E-state index contributed by atoms with van der Waals surface area (Å²) in [6, 6.07) is 14.1. The molecule has 6 heteroatoms. The van der Waals surface area contributed by atoms with Gasteiger partial charge >= 0.3 is 0 Å².